The van der Waals surface area contributed by atoms with E-state index in [1.807, 2.05) is 4.98 Å². The van der Waals surface area contributed by atoms with E-state index in [9.17, 15) is 29.4 Å². The summed E-state index contributed by atoms with van der Waals surface area (Å²) in [5, 5.41) is 21.0. The Morgan fingerprint density at radius 2 is 1.83 bits per heavy atom. The van der Waals surface area contributed by atoms with E-state index in [-0.39, 0.29) is 29.1 Å². The van der Waals surface area contributed by atoms with Crippen LogP contribution in [-0.4, -0.2) is 38.1 Å². The van der Waals surface area contributed by atoms with Gasteiger partial charge in [-0.2, -0.15) is 0 Å². The summed E-state index contributed by atoms with van der Waals surface area (Å²) in [6.45, 7) is 1.11. The lowest BCUT2D eigenvalue weighted by molar-refractivity contribution is 0.0471. The number of nitrogens with one attached hydrogen (secondary N) is 1. The Labute approximate surface area is 169 Å². The minimum absolute atomic E-state index is 0.186. The predicted molar refractivity (Wildman–Crippen MR) is 108 cm³/mol. The summed E-state index contributed by atoms with van der Waals surface area (Å²) in [7, 11) is 0. The smallest absolute Gasteiger partial charge is 0.342 e. The Bertz CT molecular complexity index is 1270. The predicted octanol–water partition coefficient (Wildman–Crippen LogP) is 1.13. The second-order valence-corrected chi connectivity index (χ2v) is 6.51. The van der Waals surface area contributed by atoms with Gasteiger partial charge in [-0.3, -0.25) is 19.1 Å². The molecule has 0 amide bonds. The summed E-state index contributed by atoms with van der Waals surface area (Å²) < 4.78 is 5.96. The summed E-state index contributed by atoms with van der Waals surface area (Å²) in [4.78, 5) is 50.7. The molecule has 2 aromatic carbocycles. The number of hydrogen-bond donors (Lipinski definition) is 4. The average molecular weight is 413 g/mol. The highest BCUT2D eigenvalue weighted by atomic mass is 16.5. The Morgan fingerprint density at radius 3 is 2.50 bits per heavy atom. The molecule has 0 atom stereocenters. The topological polar surface area (TPSA) is 165 Å². The molecule has 10 heteroatoms. The number of carbonyl (C=O) groups excluding carboxylic acids is 2. The van der Waals surface area contributed by atoms with Gasteiger partial charge in [0.1, 0.15) is 28.4 Å². The molecule has 0 aliphatic carbocycles. The third-order valence-electron chi connectivity index (χ3n) is 4.51. The van der Waals surface area contributed by atoms with Gasteiger partial charge < -0.3 is 20.7 Å². The minimum atomic E-state index is -1.08. The van der Waals surface area contributed by atoms with Crippen LogP contribution in [0.15, 0.2) is 39.9 Å². The first-order chi connectivity index (χ1) is 14.3. The summed E-state index contributed by atoms with van der Waals surface area (Å²) in [6, 6.07) is 7.35. The lowest BCUT2D eigenvalue weighted by atomic mass is 10.0. The van der Waals surface area contributed by atoms with Crippen molar-refractivity contribution >= 4 is 28.3 Å². The summed E-state index contributed by atoms with van der Waals surface area (Å²) in [5.41, 5.74) is 3.22. The lowest BCUT2D eigenvalue weighted by Crippen LogP contribution is -2.37. The van der Waals surface area contributed by atoms with Crippen molar-refractivity contribution in [1.29, 1.82) is 0 Å². The maximum atomic E-state index is 12.4. The fraction of sp³-hybridized carbons (Fsp3) is 0.200. The molecule has 5 N–H and O–H groups in total. The zero-order valence-corrected chi connectivity index (χ0v) is 16.0. The summed E-state index contributed by atoms with van der Waals surface area (Å²) in [6.07, 6.45) is 0.531. The highest BCUT2D eigenvalue weighted by Gasteiger charge is 2.23. The van der Waals surface area contributed by atoms with Crippen LogP contribution in [0.5, 0.6) is 11.5 Å². The van der Waals surface area contributed by atoms with Crippen LogP contribution in [0.2, 0.25) is 0 Å². The lowest BCUT2D eigenvalue weighted by Gasteiger charge is -2.12. The number of nitrogen functional groups attached to an aromatic ring is 1. The molecule has 0 saturated heterocycles. The first-order valence-electron chi connectivity index (χ1n) is 9.02. The quantitative estimate of drug-likeness (QED) is 0.265. The highest BCUT2D eigenvalue weighted by molar-refractivity contribution is 6.05. The van der Waals surface area contributed by atoms with Gasteiger partial charge in [-0.15, -0.1) is 0 Å². The zero-order chi connectivity index (χ0) is 22.0. The number of aromatic hydroxyl groups is 2. The van der Waals surface area contributed by atoms with Crippen LogP contribution in [-0.2, 0) is 11.3 Å². The molecule has 0 saturated carbocycles. The number of Topliss-reactive ketones (excluding diaryl/α,β-unsaturated/α-hetero) is 1. The summed E-state index contributed by atoms with van der Waals surface area (Å²) in [5.74, 6) is -3.00. The van der Waals surface area contributed by atoms with Gasteiger partial charge in [0.2, 0.25) is 5.78 Å². The van der Waals surface area contributed by atoms with E-state index in [0.29, 0.717) is 11.8 Å². The number of rotatable bonds is 6. The fourth-order valence-corrected chi connectivity index (χ4v) is 3.08. The van der Waals surface area contributed by atoms with Crippen molar-refractivity contribution in [2.45, 2.75) is 19.9 Å². The molecular formula is C20H19N3O7. The van der Waals surface area contributed by atoms with Gasteiger partial charge in [0, 0.05) is 17.3 Å². The van der Waals surface area contributed by atoms with E-state index in [0.717, 1.165) is 10.6 Å². The van der Waals surface area contributed by atoms with E-state index in [1.165, 1.54) is 6.07 Å². The number of H-pyrrole nitrogens is 1. The maximum absolute atomic E-state index is 12.4. The SMILES string of the molecule is CCCn1c(N)c(C(=O)COC(=O)c2cc(O)c3ccccc3c2O)c(=O)[nH]c1=O. The molecule has 156 valence electrons. The largest absolute Gasteiger partial charge is 0.507 e. The number of aromatic nitrogens is 2. The number of aromatic amines is 1. The number of phenols is 2. The van der Waals surface area contributed by atoms with Crippen LogP contribution in [0, 0.1) is 0 Å². The molecule has 0 fully saturated rings. The molecular weight excluding hydrogens is 394 g/mol. The number of nitrogens with zero attached hydrogens (tertiary/aromatic N) is 1. The number of fused-ring (bicyclic) bond motifs is 1. The van der Waals surface area contributed by atoms with E-state index in [2.05, 4.69) is 0 Å². The third kappa shape index (κ3) is 3.62. The van der Waals surface area contributed by atoms with Crippen molar-refractivity contribution in [3.63, 3.8) is 0 Å². The molecule has 1 aromatic heterocycles. The van der Waals surface area contributed by atoms with Crippen LogP contribution < -0.4 is 17.0 Å². The second-order valence-electron chi connectivity index (χ2n) is 6.51. The molecule has 1 heterocycles. The monoisotopic (exact) mass is 413 g/mol. The molecule has 10 nitrogen and oxygen atoms in total. The van der Waals surface area contributed by atoms with Crippen LogP contribution >= 0.6 is 0 Å². The average Bonchev–Trinajstić information content (AvgIpc) is 2.71. The zero-order valence-electron chi connectivity index (χ0n) is 16.0. The number of hydrogen-bond acceptors (Lipinski definition) is 8. The first kappa shape index (κ1) is 20.6. The maximum Gasteiger partial charge on any atom is 0.342 e. The van der Waals surface area contributed by atoms with Crippen molar-refractivity contribution in [2.24, 2.45) is 0 Å². The van der Waals surface area contributed by atoms with Gasteiger partial charge in [0.25, 0.3) is 5.56 Å². The molecule has 3 aromatic rings. The van der Waals surface area contributed by atoms with Gasteiger partial charge in [-0.1, -0.05) is 31.2 Å². The van der Waals surface area contributed by atoms with E-state index in [4.69, 9.17) is 10.5 Å². The van der Waals surface area contributed by atoms with E-state index in [1.54, 1.807) is 25.1 Å². The van der Waals surface area contributed by atoms with Gasteiger partial charge in [0.15, 0.2) is 6.61 Å². The van der Waals surface area contributed by atoms with E-state index < -0.39 is 40.9 Å². The number of benzene rings is 2. The molecule has 0 radical (unpaired) electrons. The molecule has 0 aliphatic heterocycles. The van der Waals surface area contributed by atoms with Crippen LogP contribution in [0.1, 0.15) is 34.1 Å². The number of nitrogens with two attached hydrogens (primary N) is 1. The molecule has 0 spiro atoms. The van der Waals surface area contributed by atoms with Crippen LogP contribution in [0.3, 0.4) is 0 Å². The van der Waals surface area contributed by atoms with E-state index >= 15 is 0 Å². The number of anilines is 1. The second kappa shape index (κ2) is 8.11. The number of ether oxygens (including phenoxy) is 1. The molecule has 30 heavy (non-hydrogen) atoms. The van der Waals surface area contributed by atoms with Gasteiger partial charge in [-0.25, -0.2) is 9.59 Å². The fourth-order valence-electron chi connectivity index (χ4n) is 3.08. The molecule has 0 bridgehead atoms. The standard InChI is InChI=1S/C20H19N3O7/c1-2-7-23-17(21)15(18(27)22-20(23)29)14(25)9-30-19(28)12-8-13(24)10-5-3-4-6-11(10)16(12)26/h3-6,8,24,26H,2,7,9,21H2,1H3,(H,22,27,29). The van der Waals surface area contributed by atoms with Gasteiger partial charge >= 0.3 is 11.7 Å². The Hall–Kier alpha value is -4.08. The molecule has 0 unspecified atom stereocenters. The number of ketones is 1. The number of esters is 1. The van der Waals surface area contributed by atoms with Crippen molar-refractivity contribution in [2.75, 3.05) is 12.3 Å². The number of phenolic OH excluding ortho intramolecular Hbond substituents is 2. The Kier molecular flexibility index (Phi) is 5.58. The van der Waals surface area contributed by atoms with Crippen LogP contribution in [0.4, 0.5) is 5.82 Å². The van der Waals surface area contributed by atoms with Crippen molar-refractivity contribution in [3.8, 4) is 11.5 Å². The van der Waals surface area contributed by atoms with Crippen molar-refractivity contribution < 1.29 is 24.5 Å². The van der Waals surface area contributed by atoms with Gasteiger partial charge in [0.05, 0.1) is 0 Å². The third-order valence-corrected chi connectivity index (χ3v) is 4.51. The minimum Gasteiger partial charge on any atom is -0.507 e. The molecule has 0 aliphatic rings. The highest BCUT2D eigenvalue weighted by Crippen LogP contribution is 2.35. The van der Waals surface area contributed by atoms with Crippen LogP contribution in [0.25, 0.3) is 10.8 Å². The Morgan fingerprint density at radius 1 is 1.17 bits per heavy atom. The van der Waals surface area contributed by atoms with Gasteiger partial charge in [-0.05, 0) is 12.5 Å². The Balaban J connectivity index is 1.87. The molecule has 3 rings (SSSR count). The van der Waals surface area contributed by atoms with Crippen molar-refractivity contribution in [1.82, 2.24) is 9.55 Å². The summed E-state index contributed by atoms with van der Waals surface area (Å²) >= 11 is 0. The van der Waals surface area contributed by atoms with Crippen molar-refractivity contribution in [3.05, 3.63) is 62.3 Å². The number of carbonyl (C=O) groups is 2. The first-order valence-corrected chi connectivity index (χ1v) is 9.02. The normalized spacial score (nSPS) is 10.8.